The van der Waals surface area contributed by atoms with Crippen molar-refractivity contribution in [3.05, 3.63) is 28.7 Å². The maximum Gasteiger partial charge on any atom is 0.240 e. The lowest BCUT2D eigenvalue weighted by molar-refractivity contribution is -0.121. The van der Waals surface area contributed by atoms with E-state index in [1.807, 2.05) is 0 Å². The molecule has 0 spiro atoms. The lowest BCUT2D eigenvalue weighted by atomic mass is 10.4. The fraction of sp³-hybridized carbons (Fsp3) is 0.417. The molecule has 0 aliphatic heterocycles. The van der Waals surface area contributed by atoms with Crippen molar-refractivity contribution in [3.8, 4) is 0 Å². The van der Waals surface area contributed by atoms with Crippen molar-refractivity contribution in [2.45, 2.75) is 11.3 Å². The van der Waals surface area contributed by atoms with E-state index in [4.69, 9.17) is 4.74 Å². The Balaban J connectivity index is 2.43. The van der Waals surface area contributed by atoms with Gasteiger partial charge in [0.1, 0.15) is 0 Å². The molecule has 0 fully saturated rings. The third-order valence-corrected chi connectivity index (χ3v) is 4.33. The van der Waals surface area contributed by atoms with E-state index >= 15 is 0 Å². The molecule has 6 nitrogen and oxygen atoms in total. The maximum atomic E-state index is 11.9. The average Bonchev–Trinajstić information content (AvgIpc) is 2.39. The summed E-state index contributed by atoms with van der Waals surface area (Å²) in [6, 6.07) is 6.37. The summed E-state index contributed by atoms with van der Waals surface area (Å²) in [5.41, 5.74) is 0. The second kappa shape index (κ2) is 8.35. The second-order valence-electron chi connectivity index (χ2n) is 3.95. The van der Waals surface area contributed by atoms with Gasteiger partial charge in [-0.25, -0.2) is 13.1 Å². The molecule has 0 atom stereocenters. The molecule has 0 heterocycles. The number of halogens is 1. The Bertz CT molecular complexity index is 548. The number of rotatable bonds is 8. The van der Waals surface area contributed by atoms with Crippen LogP contribution in [0.15, 0.2) is 33.6 Å². The molecule has 1 amide bonds. The molecule has 0 radical (unpaired) electrons. The fourth-order valence-corrected chi connectivity index (χ4v) is 3.03. The highest BCUT2D eigenvalue weighted by atomic mass is 79.9. The predicted octanol–water partition coefficient (Wildman–Crippen LogP) is 0.880. The van der Waals surface area contributed by atoms with Gasteiger partial charge in [0, 0.05) is 31.1 Å². The molecule has 0 aliphatic rings. The minimum atomic E-state index is -3.59. The summed E-state index contributed by atoms with van der Waals surface area (Å²) in [4.78, 5) is 11.5. The first-order valence-corrected chi connectivity index (χ1v) is 8.24. The van der Waals surface area contributed by atoms with Crippen LogP contribution in [0.5, 0.6) is 0 Å². The Kier molecular flexibility index (Phi) is 7.14. The van der Waals surface area contributed by atoms with Crippen LogP contribution in [0.1, 0.15) is 6.42 Å². The van der Waals surface area contributed by atoms with Crippen LogP contribution in [0, 0.1) is 0 Å². The lowest BCUT2D eigenvalue weighted by Crippen LogP contribution is -2.32. The van der Waals surface area contributed by atoms with Crippen molar-refractivity contribution in [2.24, 2.45) is 0 Å². The number of carbonyl (C=O) groups is 1. The van der Waals surface area contributed by atoms with Gasteiger partial charge in [-0.2, -0.15) is 0 Å². The van der Waals surface area contributed by atoms with Crippen molar-refractivity contribution >= 4 is 31.9 Å². The zero-order valence-electron chi connectivity index (χ0n) is 11.1. The number of methoxy groups -OCH3 is 1. The van der Waals surface area contributed by atoms with Gasteiger partial charge in [-0.15, -0.1) is 0 Å². The molecule has 112 valence electrons. The normalized spacial score (nSPS) is 11.3. The van der Waals surface area contributed by atoms with Crippen molar-refractivity contribution in [1.82, 2.24) is 10.0 Å². The first kappa shape index (κ1) is 17.1. The predicted molar refractivity (Wildman–Crippen MR) is 78.8 cm³/mol. The number of carbonyl (C=O) groups excluding carboxylic acids is 1. The van der Waals surface area contributed by atoms with E-state index in [1.54, 1.807) is 12.1 Å². The number of sulfonamides is 1. The second-order valence-corrected chi connectivity index (χ2v) is 6.63. The zero-order valence-corrected chi connectivity index (χ0v) is 13.5. The first-order valence-electron chi connectivity index (χ1n) is 5.96. The molecule has 1 rings (SSSR count). The SMILES string of the molecule is COCCNC(=O)CCNS(=O)(=O)c1cccc(Br)c1. The van der Waals surface area contributed by atoms with Crippen molar-refractivity contribution in [2.75, 3.05) is 26.8 Å². The van der Waals surface area contributed by atoms with Gasteiger partial charge in [0.15, 0.2) is 0 Å². The summed E-state index contributed by atoms with van der Waals surface area (Å²) in [6.45, 7) is 0.886. The summed E-state index contributed by atoms with van der Waals surface area (Å²) < 4.78 is 31.7. The molecule has 0 unspecified atom stereocenters. The standard InChI is InChI=1S/C12H17BrN2O4S/c1-19-8-7-14-12(16)5-6-15-20(17,18)11-4-2-3-10(13)9-11/h2-4,9,15H,5-8H2,1H3,(H,14,16). The molecule has 0 saturated heterocycles. The van der Waals surface area contributed by atoms with Gasteiger partial charge in [-0.1, -0.05) is 22.0 Å². The van der Waals surface area contributed by atoms with E-state index in [1.165, 1.54) is 19.2 Å². The number of hydrogen-bond donors (Lipinski definition) is 2. The molecular weight excluding hydrogens is 348 g/mol. The van der Waals surface area contributed by atoms with E-state index in [-0.39, 0.29) is 23.8 Å². The molecule has 0 aliphatic carbocycles. The zero-order chi connectivity index (χ0) is 15.0. The maximum absolute atomic E-state index is 11.9. The van der Waals surface area contributed by atoms with Crippen molar-refractivity contribution < 1.29 is 17.9 Å². The molecular formula is C12H17BrN2O4S. The molecule has 8 heteroatoms. The lowest BCUT2D eigenvalue weighted by Gasteiger charge is -2.07. The van der Waals surface area contributed by atoms with Gasteiger partial charge in [0.25, 0.3) is 0 Å². The molecule has 20 heavy (non-hydrogen) atoms. The molecule has 1 aromatic carbocycles. The third kappa shape index (κ3) is 6.00. The van der Waals surface area contributed by atoms with Crippen LogP contribution >= 0.6 is 15.9 Å². The highest BCUT2D eigenvalue weighted by Crippen LogP contribution is 2.15. The molecule has 0 bridgehead atoms. The number of amides is 1. The van der Waals surface area contributed by atoms with E-state index < -0.39 is 10.0 Å². The Morgan fingerprint density at radius 3 is 2.75 bits per heavy atom. The van der Waals surface area contributed by atoms with Crippen LogP contribution in [0.25, 0.3) is 0 Å². The number of nitrogens with one attached hydrogen (secondary N) is 2. The number of hydrogen-bond acceptors (Lipinski definition) is 4. The van der Waals surface area contributed by atoms with Gasteiger partial charge >= 0.3 is 0 Å². The van der Waals surface area contributed by atoms with Crippen molar-refractivity contribution in [1.29, 1.82) is 0 Å². The number of ether oxygens (including phenoxy) is 1. The summed E-state index contributed by atoms with van der Waals surface area (Å²) in [6.07, 6.45) is 0.0803. The largest absolute Gasteiger partial charge is 0.383 e. The Morgan fingerprint density at radius 1 is 1.35 bits per heavy atom. The van der Waals surface area contributed by atoms with Crippen LogP contribution in [0.2, 0.25) is 0 Å². The molecule has 0 aromatic heterocycles. The Labute approximate surface area is 127 Å². The van der Waals surface area contributed by atoms with Crippen LogP contribution < -0.4 is 10.0 Å². The first-order chi connectivity index (χ1) is 9.45. The van der Waals surface area contributed by atoms with E-state index in [2.05, 4.69) is 26.0 Å². The highest BCUT2D eigenvalue weighted by Gasteiger charge is 2.14. The Morgan fingerprint density at radius 2 is 2.10 bits per heavy atom. The van der Waals surface area contributed by atoms with Gasteiger partial charge in [-0.3, -0.25) is 4.79 Å². The van der Waals surface area contributed by atoms with Crippen LogP contribution in [-0.2, 0) is 19.6 Å². The minimum Gasteiger partial charge on any atom is -0.383 e. The van der Waals surface area contributed by atoms with E-state index in [0.717, 1.165) is 0 Å². The van der Waals surface area contributed by atoms with Crippen LogP contribution in [0.4, 0.5) is 0 Å². The summed E-state index contributed by atoms with van der Waals surface area (Å²) in [7, 11) is -2.05. The molecule has 0 saturated carbocycles. The average molecular weight is 365 g/mol. The third-order valence-electron chi connectivity index (χ3n) is 2.38. The molecule has 2 N–H and O–H groups in total. The molecule has 1 aromatic rings. The van der Waals surface area contributed by atoms with Gasteiger partial charge in [0.05, 0.1) is 11.5 Å². The number of benzene rings is 1. The van der Waals surface area contributed by atoms with Gasteiger partial charge in [-0.05, 0) is 18.2 Å². The fourth-order valence-electron chi connectivity index (χ4n) is 1.40. The van der Waals surface area contributed by atoms with Crippen molar-refractivity contribution in [3.63, 3.8) is 0 Å². The topological polar surface area (TPSA) is 84.5 Å². The monoisotopic (exact) mass is 364 g/mol. The summed E-state index contributed by atoms with van der Waals surface area (Å²) >= 11 is 3.21. The van der Waals surface area contributed by atoms with Crippen LogP contribution in [-0.4, -0.2) is 41.1 Å². The van der Waals surface area contributed by atoms with Crippen LogP contribution in [0.3, 0.4) is 0 Å². The smallest absolute Gasteiger partial charge is 0.240 e. The van der Waals surface area contributed by atoms with Gasteiger partial charge in [0.2, 0.25) is 15.9 Å². The van der Waals surface area contributed by atoms with E-state index in [9.17, 15) is 13.2 Å². The van der Waals surface area contributed by atoms with Gasteiger partial charge < -0.3 is 10.1 Å². The minimum absolute atomic E-state index is 0.0493. The summed E-state index contributed by atoms with van der Waals surface area (Å²) in [5, 5.41) is 2.61. The Hall–Kier alpha value is -0.960. The highest BCUT2D eigenvalue weighted by molar-refractivity contribution is 9.10. The quantitative estimate of drug-likeness (QED) is 0.670. The summed E-state index contributed by atoms with van der Waals surface area (Å²) in [5.74, 6) is -0.223. The van der Waals surface area contributed by atoms with E-state index in [0.29, 0.717) is 17.6 Å².